The van der Waals surface area contributed by atoms with Gasteiger partial charge in [-0.05, 0) is 43.4 Å². The summed E-state index contributed by atoms with van der Waals surface area (Å²) in [6.45, 7) is 0.683. The summed E-state index contributed by atoms with van der Waals surface area (Å²) >= 11 is 0.547. The van der Waals surface area contributed by atoms with Crippen LogP contribution in [0.2, 0.25) is 0 Å². The van der Waals surface area contributed by atoms with Crippen LogP contribution in [0.25, 0.3) is 0 Å². The highest BCUT2D eigenvalue weighted by molar-refractivity contribution is 7.99. The van der Waals surface area contributed by atoms with Gasteiger partial charge in [-0.25, -0.2) is 0 Å². The first-order valence-electron chi connectivity index (χ1n) is 7.04. The molecule has 0 spiro atoms. The van der Waals surface area contributed by atoms with Crippen LogP contribution in [0, 0.1) is 5.92 Å². The Morgan fingerprint density at radius 1 is 1.24 bits per heavy atom. The molecule has 1 aliphatic carbocycles. The Morgan fingerprint density at radius 2 is 1.86 bits per heavy atom. The van der Waals surface area contributed by atoms with E-state index in [1.54, 1.807) is 12.1 Å². The first-order valence-corrected chi connectivity index (χ1v) is 7.92. The molecule has 0 amide bonds. The number of halogens is 2. The number of carbonyl (C=O) groups is 1. The molecule has 0 aliphatic heterocycles. The number of hydrogen-bond donors (Lipinski definition) is 2. The van der Waals surface area contributed by atoms with Gasteiger partial charge in [0.1, 0.15) is 0 Å². The van der Waals surface area contributed by atoms with Gasteiger partial charge >= 0.3 is 5.97 Å². The summed E-state index contributed by atoms with van der Waals surface area (Å²) in [6.07, 6.45) is 3.18. The van der Waals surface area contributed by atoms with Crippen LogP contribution in [0.5, 0.6) is 0 Å². The van der Waals surface area contributed by atoms with Crippen molar-refractivity contribution in [2.45, 2.75) is 48.9 Å². The molecule has 0 saturated heterocycles. The zero-order valence-electron chi connectivity index (χ0n) is 11.6. The molecule has 0 aromatic heterocycles. The highest BCUT2D eigenvalue weighted by atomic mass is 32.2. The molecule has 1 saturated carbocycles. The number of hydrogen-bond acceptors (Lipinski definition) is 3. The Hall–Kier alpha value is -1.14. The quantitative estimate of drug-likeness (QED) is 0.785. The van der Waals surface area contributed by atoms with Crippen LogP contribution in [0.4, 0.5) is 8.78 Å². The van der Waals surface area contributed by atoms with Crippen molar-refractivity contribution in [3.05, 3.63) is 29.8 Å². The summed E-state index contributed by atoms with van der Waals surface area (Å²) in [6, 6.07) is 7.45. The molecule has 2 N–H and O–H groups in total. The van der Waals surface area contributed by atoms with Crippen molar-refractivity contribution in [1.82, 2.24) is 5.32 Å². The lowest BCUT2D eigenvalue weighted by atomic mass is 9.86. The van der Waals surface area contributed by atoms with Crippen molar-refractivity contribution in [3.63, 3.8) is 0 Å². The normalized spacial score (nSPS) is 22.4. The van der Waals surface area contributed by atoms with Crippen molar-refractivity contribution < 1.29 is 18.7 Å². The highest BCUT2D eigenvalue weighted by Crippen LogP contribution is 2.26. The van der Waals surface area contributed by atoms with Crippen molar-refractivity contribution in [3.8, 4) is 0 Å². The van der Waals surface area contributed by atoms with Gasteiger partial charge in [-0.1, -0.05) is 23.9 Å². The maximum absolute atomic E-state index is 12.2. The lowest BCUT2D eigenvalue weighted by Gasteiger charge is -2.27. The van der Waals surface area contributed by atoms with Crippen molar-refractivity contribution >= 4 is 17.7 Å². The fourth-order valence-electron chi connectivity index (χ4n) is 2.60. The van der Waals surface area contributed by atoms with Crippen LogP contribution >= 0.6 is 11.8 Å². The maximum atomic E-state index is 12.2. The van der Waals surface area contributed by atoms with E-state index in [-0.39, 0.29) is 5.92 Å². The van der Waals surface area contributed by atoms with Crippen molar-refractivity contribution in [2.24, 2.45) is 5.92 Å². The summed E-state index contributed by atoms with van der Waals surface area (Å²) in [5.41, 5.74) is 1.05. The second-order valence-corrected chi connectivity index (χ2v) is 6.35. The third-order valence-electron chi connectivity index (χ3n) is 3.82. The number of aliphatic carboxylic acids is 1. The molecule has 1 aliphatic rings. The van der Waals surface area contributed by atoms with Gasteiger partial charge in [-0.15, -0.1) is 0 Å². The Morgan fingerprint density at radius 3 is 2.38 bits per heavy atom. The lowest BCUT2D eigenvalue weighted by Crippen LogP contribution is -2.34. The Balaban J connectivity index is 1.75. The summed E-state index contributed by atoms with van der Waals surface area (Å²) < 4.78 is 24.4. The van der Waals surface area contributed by atoms with Gasteiger partial charge in [0, 0.05) is 17.5 Å². The monoisotopic (exact) mass is 315 g/mol. The Labute approximate surface area is 127 Å². The number of benzene rings is 1. The zero-order chi connectivity index (χ0) is 15.2. The smallest absolute Gasteiger partial charge is 0.306 e. The van der Waals surface area contributed by atoms with Crippen LogP contribution in [-0.2, 0) is 11.3 Å². The number of thioether (sulfide) groups is 1. The average molecular weight is 315 g/mol. The minimum Gasteiger partial charge on any atom is -0.481 e. The van der Waals surface area contributed by atoms with Gasteiger partial charge < -0.3 is 10.4 Å². The van der Waals surface area contributed by atoms with Crippen LogP contribution in [0.3, 0.4) is 0 Å². The van der Waals surface area contributed by atoms with E-state index in [4.69, 9.17) is 5.11 Å². The Bertz CT molecular complexity index is 459. The lowest BCUT2D eigenvalue weighted by molar-refractivity contribution is -0.142. The molecule has 3 nitrogen and oxygen atoms in total. The fourth-order valence-corrected chi connectivity index (χ4v) is 3.09. The van der Waals surface area contributed by atoms with Crippen LogP contribution in [-0.4, -0.2) is 22.9 Å². The molecule has 1 aromatic carbocycles. The summed E-state index contributed by atoms with van der Waals surface area (Å²) in [5.74, 6) is -3.28. The van der Waals surface area contributed by atoms with Gasteiger partial charge in [-0.2, -0.15) is 8.78 Å². The molecule has 0 atom stereocenters. The molecule has 21 heavy (non-hydrogen) atoms. The maximum Gasteiger partial charge on any atom is 0.306 e. The van der Waals surface area contributed by atoms with Gasteiger partial charge in [0.2, 0.25) is 0 Å². The van der Waals surface area contributed by atoms with E-state index in [0.29, 0.717) is 29.2 Å². The molecule has 0 heterocycles. The van der Waals surface area contributed by atoms with Crippen LogP contribution < -0.4 is 5.32 Å². The van der Waals surface area contributed by atoms with Gasteiger partial charge in [0.25, 0.3) is 5.76 Å². The van der Waals surface area contributed by atoms with Gasteiger partial charge in [0.15, 0.2) is 0 Å². The fraction of sp³-hybridized carbons (Fsp3) is 0.533. The third-order valence-corrected chi connectivity index (χ3v) is 4.54. The summed E-state index contributed by atoms with van der Waals surface area (Å²) in [7, 11) is 0. The predicted octanol–water partition coefficient (Wildman–Crippen LogP) is 3.73. The first kappa shape index (κ1) is 16.2. The van der Waals surface area contributed by atoms with E-state index in [0.717, 1.165) is 31.2 Å². The van der Waals surface area contributed by atoms with Crippen LogP contribution in [0.15, 0.2) is 29.2 Å². The van der Waals surface area contributed by atoms with E-state index in [9.17, 15) is 13.6 Å². The second-order valence-electron chi connectivity index (χ2n) is 5.29. The molecule has 0 unspecified atom stereocenters. The number of rotatable bonds is 6. The average Bonchev–Trinajstić information content (AvgIpc) is 2.46. The first-order chi connectivity index (χ1) is 10.0. The van der Waals surface area contributed by atoms with Crippen molar-refractivity contribution in [1.29, 1.82) is 0 Å². The second kappa shape index (κ2) is 7.75. The highest BCUT2D eigenvalue weighted by Gasteiger charge is 2.25. The summed E-state index contributed by atoms with van der Waals surface area (Å²) in [5, 5.41) is 12.4. The third kappa shape index (κ3) is 5.28. The molecule has 0 bridgehead atoms. The number of nitrogens with one attached hydrogen (secondary N) is 1. The molecular formula is C15H19F2NO2S. The minimum atomic E-state index is -2.39. The van der Waals surface area contributed by atoms with E-state index < -0.39 is 11.7 Å². The molecule has 1 fully saturated rings. The molecule has 6 heteroatoms. The van der Waals surface area contributed by atoms with E-state index >= 15 is 0 Å². The van der Waals surface area contributed by atoms with Gasteiger partial charge in [-0.3, -0.25) is 4.79 Å². The number of carboxylic acids is 1. The van der Waals surface area contributed by atoms with E-state index in [1.807, 2.05) is 12.1 Å². The predicted molar refractivity (Wildman–Crippen MR) is 78.5 cm³/mol. The number of carboxylic acid groups (broad SMARTS) is 1. The molecule has 1 aromatic rings. The molecular weight excluding hydrogens is 296 g/mol. The standard InChI is InChI=1S/C15H19F2NO2S/c16-15(17)21-13-7-1-10(2-8-13)9-18-12-5-3-11(4-6-12)14(19)20/h1-2,7-8,11-12,15,18H,3-6,9H2,(H,19,20). The topological polar surface area (TPSA) is 49.3 Å². The van der Waals surface area contributed by atoms with E-state index in [1.165, 1.54) is 0 Å². The number of alkyl halides is 2. The van der Waals surface area contributed by atoms with E-state index in [2.05, 4.69) is 5.32 Å². The largest absolute Gasteiger partial charge is 0.481 e. The Kier molecular flexibility index (Phi) is 5.99. The molecule has 116 valence electrons. The SMILES string of the molecule is O=C(O)C1CCC(NCc2ccc(SC(F)F)cc2)CC1. The van der Waals surface area contributed by atoms with Gasteiger partial charge in [0.05, 0.1) is 5.92 Å². The zero-order valence-corrected chi connectivity index (χ0v) is 12.4. The molecule has 0 radical (unpaired) electrons. The summed E-state index contributed by atoms with van der Waals surface area (Å²) in [4.78, 5) is 11.4. The molecule has 2 rings (SSSR count). The van der Waals surface area contributed by atoms with Crippen LogP contribution in [0.1, 0.15) is 31.2 Å². The minimum absolute atomic E-state index is 0.200. The van der Waals surface area contributed by atoms with Crippen molar-refractivity contribution in [2.75, 3.05) is 0 Å².